The third-order valence-electron chi connectivity index (χ3n) is 14.0. The van der Waals surface area contributed by atoms with Crippen molar-refractivity contribution < 1.29 is 42.9 Å². The minimum absolute atomic E-state index is 0.184. The summed E-state index contributed by atoms with van der Waals surface area (Å²) in [5.74, 6) is -2.01. The highest BCUT2D eigenvalue weighted by molar-refractivity contribution is 5.71. The molecule has 0 aromatic rings. The van der Waals surface area contributed by atoms with E-state index in [1.165, 1.54) is 180 Å². The van der Waals surface area contributed by atoms with Crippen LogP contribution in [-0.2, 0) is 33.3 Å². The summed E-state index contributed by atoms with van der Waals surface area (Å²) in [6.07, 6.45) is 71.7. The molecule has 0 aromatic heterocycles. The maximum absolute atomic E-state index is 12.9. The number of aliphatic carboxylic acids is 1. The molecule has 9 nitrogen and oxygen atoms in total. The SMILES string of the molecule is CC/C=C\C/C=C\C/C=C\C/C=C\C/C=C\CCCCCCCCCC(=O)OC(COC(=O)CCCCCCCCCCCCCCCCCCCCCCCCCCCCCC)COC(OCC[N+](C)(C)C)C(=O)O. The monoisotopic (exact) mass is 1070 g/mol. The molecule has 0 aromatic carbocycles. The molecular formula is C67H122NO8+. The highest BCUT2D eigenvalue weighted by Gasteiger charge is 2.25. The number of nitrogens with zero attached hydrogens (tertiary/aromatic N) is 1. The van der Waals surface area contributed by atoms with E-state index in [1.54, 1.807) is 0 Å². The molecule has 0 bridgehead atoms. The van der Waals surface area contributed by atoms with Crippen molar-refractivity contribution in [2.24, 2.45) is 0 Å². The molecule has 2 unspecified atom stereocenters. The van der Waals surface area contributed by atoms with Gasteiger partial charge in [-0.3, -0.25) is 9.59 Å². The summed E-state index contributed by atoms with van der Waals surface area (Å²) >= 11 is 0. The molecule has 0 aliphatic rings. The summed E-state index contributed by atoms with van der Waals surface area (Å²) in [7, 11) is 5.97. The van der Waals surface area contributed by atoms with E-state index in [2.05, 4.69) is 74.6 Å². The molecule has 2 atom stereocenters. The van der Waals surface area contributed by atoms with Crippen LogP contribution in [0, 0.1) is 0 Å². The summed E-state index contributed by atoms with van der Waals surface area (Å²) < 4.78 is 22.9. The molecule has 1 N–H and O–H groups in total. The lowest BCUT2D eigenvalue weighted by Crippen LogP contribution is -2.40. The lowest BCUT2D eigenvalue weighted by Gasteiger charge is -2.25. The molecule has 76 heavy (non-hydrogen) atoms. The van der Waals surface area contributed by atoms with Crippen LogP contribution < -0.4 is 0 Å². The number of likely N-dealkylation sites (N-methyl/N-ethyl adjacent to an activating group) is 1. The molecule has 0 radical (unpaired) electrons. The number of unbranched alkanes of at least 4 members (excludes halogenated alkanes) is 34. The van der Waals surface area contributed by atoms with Gasteiger partial charge in [-0.2, -0.15) is 0 Å². The molecule has 0 rings (SSSR count). The summed E-state index contributed by atoms with van der Waals surface area (Å²) in [5, 5.41) is 9.72. The molecule has 9 heteroatoms. The van der Waals surface area contributed by atoms with Crippen molar-refractivity contribution >= 4 is 17.9 Å². The predicted molar refractivity (Wildman–Crippen MR) is 323 cm³/mol. The Kier molecular flexibility index (Phi) is 55.8. The van der Waals surface area contributed by atoms with Gasteiger partial charge in [-0.15, -0.1) is 0 Å². The Bertz CT molecular complexity index is 1430. The quantitative estimate of drug-likeness (QED) is 0.0211. The van der Waals surface area contributed by atoms with Crippen LogP contribution in [0.25, 0.3) is 0 Å². The third-order valence-corrected chi connectivity index (χ3v) is 14.0. The van der Waals surface area contributed by atoms with E-state index >= 15 is 0 Å². The van der Waals surface area contributed by atoms with Crippen LogP contribution in [0.15, 0.2) is 60.8 Å². The average molecular weight is 1070 g/mol. The van der Waals surface area contributed by atoms with E-state index in [1.807, 2.05) is 21.1 Å². The van der Waals surface area contributed by atoms with E-state index < -0.39 is 24.3 Å². The summed E-state index contributed by atoms with van der Waals surface area (Å²) in [6, 6.07) is 0. The zero-order valence-corrected chi connectivity index (χ0v) is 50.4. The van der Waals surface area contributed by atoms with Crippen molar-refractivity contribution in [2.45, 2.75) is 302 Å². The molecule has 0 aliphatic heterocycles. The first-order valence-electron chi connectivity index (χ1n) is 32.0. The van der Waals surface area contributed by atoms with Gasteiger partial charge in [-0.1, -0.05) is 280 Å². The van der Waals surface area contributed by atoms with Gasteiger partial charge in [0.15, 0.2) is 6.10 Å². The van der Waals surface area contributed by atoms with E-state index in [-0.39, 0.29) is 32.2 Å². The lowest BCUT2D eigenvalue weighted by atomic mass is 10.0. The number of allylic oxidation sites excluding steroid dienone is 10. The van der Waals surface area contributed by atoms with Crippen LogP contribution in [0.4, 0.5) is 0 Å². The first-order chi connectivity index (χ1) is 37.1. The molecule has 0 saturated heterocycles. The Morgan fingerprint density at radius 2 is 0.750 bits per heavy atom. The summed E-state index contributed by atoms with van der Waals surface area (Å²) in [6.45, 7) is 4.79. The highest BCUT2D eigenvalue weighted by Crippen LogP contribution is 2.18. The zero-order valence-electron chi connectivity index (χ0n) is 50.4. The van der Waals surface area contributed by atoms with Crippen molar-refractivity contribution in [2.75, 3.05) is 47.5 Å². The molecule has 0 amide bonds. The average Bonchev–Trinajstić information content (AvgIpc) is 3.39. The van der Waals surface area contributed by atoms with Crippen LogP contribution in [0.2, 0.25) is 0 Å². The van der Waals surface area contributed by atoms with Gasteiger partial charge in [0.25, 0.3) is 6.29 Å². The van der Waals surface area contributed by atoms with Gasteiger partial charge >= 0.3 is 17.9 Å². The number of ether oxygens (including phenoxy) is 4. The zero-order chi connectivity index (χ0) is 55.5. The number of carboxylic acids is 1. The molecule has 0 heterocycles. The second-order valence-electron chi connectivity index (χ2n) is 22.7. The van der Waals surface area contributed by atoms with Gasteiger partial charge < -0.3 is 28.5 Å². The second kappa shape index (κ2) is 58.1. The van der Waals surface area contributed by atoms with Crippen molar-refractivity contribution in [1.29, 1.82) is 0 Å². The maximum atomic E-state index is 12.9. The number of carboxylic acid groups (broad SMARTS) is 1. The van der Waals surface area contributed by atoms with Crippen molar-refractivity contribution in [3.05, 3.63) is 60.8 Å². The van der Waals surface area contributed by atoms with E-state index in [0.29, 0.717) is 23.9 Å². The molecular weight excluding hydrogens is 947 g/mol. The van der Waals surface area contributed by atoms with Crippen LogP contribution in [0.1, 0.15) is 290 Å². The Morgan fingerprint density at radius 1 is 0.408 bits per heavy atom. The minimum Gasteiger partial charge on any atom is -0.477 e. The number of hydrogen-bond acceptors (Lipinski definition) is 7. The molecule has 442 valence electrons. The molecule has 0 spiro atoms. The summed E-state index contributed by atoms with van der Waals surface area (Å²) in [4.78, 5) is 37.5. The number of carbonyl (C=O) groups is 3. The van der Waals surface area contributed by atoms with Crippen LogP contribution >= 0.6 is 0 Å². The van der Waals surface area contributed by atoms with Gasteiger partial charge in [-0.05, 0) is 57.8 Å². The first kappa shape index (κ1) is 73.0. The van der Waals surface area contributed by atoms with E-state index in [0.717, 1.165) is 77.0 Å². The largest absolute Gasteiger partial charge is 0.477 e. The van der Waals surface area contributed by atoms with Crippen LogP contribution in [0.5, 0.6) is 0 Å². The molecule has 0 aliphatic carbocycles. The van der Waals surface area contributed by atoms with Gasteiger partial charge in [0.1, 0.15) is 13.2 Å². The number of carbonyl (C=O) groups excluding carboxylic acids is 2. The smallest absolute Gasteiger partial charge is 0.361 e. The Labute approximate surface area is 469 Å². The van der Waals surface area contributed by atoms with E-state index in [9.17, 15) is 19.5 Å². The number of esters is 2. The van der Waals surface area contributed by atoms with E-state index in [4.69, 9.17) is 18.9 Å². The lowest BCUT2D eigenvalue weighted by molar-refractivity contribution is -0.870. The Balaban J connectivity index is 4.16. The molecule has 0 saturated carbocycles. The number of rotatable bonds is 59. The minimum atomic E-state index is -1.51. The highest BCUT2D eigenvalue weighted by atomic mass is 16.7. The van der Waals surface area contributed by atoms with Gasteiger partial charge in [0, 0.05) is 12.8 Å². The van der Waals surface area contributed by atoms with Gasteiger partial charge in [0.2, 0.25) is 0 Å². The topological polar surface area (TPSA) is 108 Å². The normalized spacial score (nSPS) is 13.1. The Morgan fingerprint density at radius 3 is 1.12 bits per heavy atom. The van der Waals surface area contributed by atoms with Crippen LogP contribution in [0.3, 0.4) is 0 Å². The van der Waals surface area contributed by atoms with Crippen molar-refractivity contribution in [1.82, 2.24) is 0 Å². The summed E-state index contributed by atoms with van der Waals surface area (Å²) in [5.41, 5.74) is 0. The fourth-order valence-corrected chi connectivity index (χ4v) is 9.16. The Hall–Kier alpha value is -3.01. The van der Waals surface area contributed by atoms with Gasteiger partial charge in [0.05, 0.1) is 34.4 Å². The van der Waals surface area contributed by atoms with Crippen molar-refractivity contribution in [3.63, 3.8) is 0 Å². The number of hydrogen-bond donors (Lipinski definition) is 1. The maximum Gasteiger partial charge on any atom is 0.361 e. The van der Waals surface area contributed by atoms with Gasteiger partial charge in [-0.25, -0.2) is 4.79 Å². The third kappa shape index (κ3) is 58.7. The van der Waals surface area contributed by atoms with Crippen LogP contribution in [-0.4, -0.2) is 87.4 Å². The first-order valence-corrected chi connectivity index (χ1v) is 32.0. The second-order valence-corrected chi connectivity index (χ2v) is 22.7. The molecule has 0 fully saturated rings. The fraction of sp³-hybridized carbons (Fsp3) is 0.806. The fourth-order valence-electron chi connectivity index (χ4n) is 9.16. The standard InChI is InChI=1S/C67H121NO8/c1-6-8-10-12-14-16-18-20-22-24-26-28-30-31-32-33-34-36-37-39-41-43-45-47-49-51-53-55-57-64(69)74-61-63(62-75-67(66(71)72)73-60-59-68(3,4)5)76-65(70)58-56-54-52-50-48-46-44-42-40-38-35-29-27-25-23-21-19-17-15-13-11-9-7-2/h9,11,15,17,21,23,27,29,38,40,63,67H,6-8,10,12-14,16,18-20,22,24-26,28,30-37,39,41-62H2,1-5H3/p+1/b11-9-,17-15-,23-21-,29-27-,40-38-. The van der Waals surface area contributed by atoms with Crippen molar-refractivity contribution in [3.8, 4) is 0 Å². The number of quaternary nitrogens is 1. The predicted octanol–water partition coefficient (Wildman–Crippen LogP) is 19.2.